The highest BCUT2D eigenvalue weighted by atomic mass is 16.2. The predicted octanol–water partition coefficient (Wildman–Crippen LogP) is 0.572. The third kappa shape index (κ3) is 3.33. The van der Waals surface area contributed by atoms with Crippen molar-refractivity contribution in [3.8, 4) is 11.4 Å². The minimum atomic E-state index is -0.00432. The number of carbonyl (C=O) groups is 1. The van der Waals surface area contributed by atoms with Crippen molar-refractivity contribution < 1.29 is 4.79 Å². The molecule has 2 N–H and O–H groups in total. The van der Waals surface area contributed by atoms with E-state index in [1.807, 2.05) is 18.0 Å². The minimum Gasteiger partial charge on any atom is -0.355 e. The molecule has 1 saturated heterocycles. The van der Waals surface area contributed by atoms with Gasteiger partial charge in [0.25, 0.3) is 0 Å². The maximum atomic E-state index is 11.9. The first kappa shape index (κ1) is 17.3. The van der Waals surface area contributed by atoms with Gasteiger partial charge < -0.3 is 15.5 Å². The quantitative estimate of drug-likeness (QED) is 0.720. The Labute approximate surface area is 156 Å². The number of hydrogen-bond donors (Lipinski definition) is 1. The molecule has 0 spiro atoms. The van der Waals surface area contributed by atoms with Crippen molar-refractivity contribution in [2.45, 2.75) is 18.9 Å². The molecule has 0 unspecified atom stereocenters. The van der Waals surface area contributed by atoms with Crippen LogP contribution in [0, 0.1) is 0 Å². The molecule has 3 aromatic heterocycles. The first-order chi connectivity index (χ1) is 13.2. The van der Waals surface area contributed by atoms with E-state index in [0.717, 1.165) is 36.3 Å². The Morgan fingerprint density at radius 3 is 3.11 bits per heavy atom. The number of aromatic nitrogens is 5. The molecule has 140 valence electrons. The predicted molar refractivity (Wildman–Crippen MR) is 101 cm³/mol. The van der Waals surface area contributed by atoms with Crippen molar-refractivity contribution in [1.29, 1.82) is 0 Å². The summed E-state index contributed by atoms with van der Waals surface area (Å²) in [4.78, 5) is 29.2. The molecular formula is C18H22N8O. The highest BCUT2D eigenvalue weighted by molar-refractivity contribution is 5.78. The Morgan fingerprint density at radius 1 is 1.37 bits per heavy atom. The van der Waals surface area contributed by atoms with Crippen LogP contribution in [0.5, 0.6) is 0 Å². The first-order valence-corrected chi connectivity index (χ1v) is 8.99. The molecule has 0 saturated carbocycles. The number of likely N-dealkylation sites (N-methyl/N-ethyl adjacent to an activating group) is 1. The van der Waals surface area contributed by atoms with E-state index in [1.165, 1.54) is 0 Å². The number of piperidine rings is 1. The summed E-state index contributed by atoms with van der Waals surface area (Å²) in [6.45, 7) is 1.48. The van der Waals surface area contributed by atoms with Crippen LogP contribution in [0.2, 0.25) is 0 Å². The largest absolute Gasteiger partial charge is 0.355 e. The number of likely N-dealkylation sites (tertiary alicyclic amines) is 1. The Kier molecular flexibility index (Phi) is 4.68. The van der Waals surface area contributed by atoms with Gasteiger partial charge in [0.2, 0.25) is 5.91 Å². The lowest BCUT2D eigenvalue weighted by molar-refractivity contribution is -0.130. The third-order valence-corrected chi connectivity index (χ3v) is 5.04. The summed E-state index contributed by atoms with van der Waals surface area (Å²) in [5.74, 6) is 1.42. The zero-order valence-electron chi connectivity index (χ0n) is 15.2. The minimum absolute atomic E-state index is 0.00432. The number of anilines is 1. The summed E-state index contributed by atoms with van der Waals surface area (Å²) >= 11 is 0. The second-order valence-corrected chi connectivity index (χ2v) is 6.65. The Balaban J connectivity index is 1.59. The van der Waals surface area contributed by atoms with E-state index >= 15 is 0 Å². The average molecular weight is 366 g/mol. The average Bonchev–Trinajstić information content (AvgIpc) is 3.17. The molecule has 0 radical (unpaired) electrons. The number of fused-ring (bicyclic) bond motifs is 1. The van der Waals surface area contributed by atoms with E-state index in [0.29, 0.717) is 12.4 Å². The van der Waals surface area contributed by atoms with Crippen molar-refractivity contribution in [2.75, 3.05) is 31.6 Å². The zero-order valence-corrected chi connectivity index (χ0v) is 15.2. The lowest BCUT2D eigenvalue weighted by Gasteiger charge is -2.38. The fourth-order valence-electron chi connectivity index (χ4n) is 3.50. The Bertz CT molecular complexity index is 955. The summed E-state index contributed by atoms with van der Waals surface area (Å²) in [5, 5.41) is 4.33. The Morgan fingerprint density at radius 2 is 2.26 bits per heavy atom. The van der Waals surface area contributed by atoms with Gasteiger partial charge >= 0.3 is 0 Å². The summed E-state index contributed by atoms with van der Waals surface area (Å²) < 4.78 is 1.75. The summed E-state index contributed by atoms with van der Waals surface area (Å²) in [5.41, 5.74) is 7.21. The van der Waals surface area contributed by atoms with Gasteiger partial charge in [-0.05, 0) is 18.9 Å². The smallest absolute Gasteiger partial charge is 0.236 e. The second kappa shape index (κ2) is 7.28. The standard InChI is InChI=1S/C18H22N8O/c1-24(13-3-2-7-25(12-13)17(27)9-19)16-4-5-21-18(23-16)14-10-22-26-8-6-20-11-15(14)26/h4-6,8,10-11,13H,2-3,7,9,12,19H2,1H3/t13-/m1/s1. The van der Waals surface area contributed by atoms with Crippen LogP contribution in [-0.2, 0) is 4.79 Å². The molecule has 4 heterocycles. The number of hydrogen-bond acceptors (Lipinski definition) is 7. The number of nitrogens with two attached hydrogens (primary N) is 1. The number of nitrogens with zero attached hydrogens (tertiary/aromatic N) is 7. The van der Waals surface area contributed by atoms with Gasteiger partial charge in [0.15, 0.2) is 5.82 Å². The molecule has 1 aliphatic heterocycles. The van der Waals surface area contributed by atoms with Gasteiger partial charge in [0, 0.05) is 44.8 Å². The monoisotopic (exact) mass is 366 g/mol. The lowest BCUT2D eigenvalue weighted by Crippen LogP contribution is -2.50. The fraction of sp³-hybridized carbons (Fsp3) is 0.389. The molecule has 0 bridgehead atoms. The molecule has 1 amide bonds. The summed E-state index contributed by atoms with van der Waals surface area (Å²) in [7, 11) is 2.00. The number of amides is 1. The third-order valence-electron chi connectivity index (χ3n) is 5.04. The van der Waals surface area contributed by atoms with E-state index in [2.05, 4.69) is 20.0 Å². The van der Waals surface area contributed by atoms with Gasteiger partial charge in [-0.1, -0.05) is 0 Å². The van der Waals surface area contributed by atoms with Crippen LogP contribution in [0.3, 0.4) is 0 Å². The maximum absolute atomic E-state index is 11.9. The van der Waals surface area contributed by atoms with Crippen LogP contribution in [-0.4, -0.2) is 68.1 Å². The van der Waals surface area contributed by atoms with Crippen LogP contribution in [0.4, 0.5) is 5.82 Å². The maximum Gasteiger partial charge on any atom is 0.236 e. The molecule has 1 atom stereocenters. The Hall–Kier alpha value is -3.07. The normalized spacial score (nSPS) is 17.3. The number of rotatable bonds is 4. The van der Waals surface area contributed by atoms with Gasteiger partial charge in [-0.25, -0.2) is 14.5 Å². The van der Waals surface area contributed by atoms with Gasteiger partial charge in [-0.15, -0.1) is 0 Å². The first-order valence-electron chi connectivity index (χ1n) is 8.99. The molecule has 9 heteroatoms. The van der Waals surface area contributed by atoms with Gasteiger partial charge in [0.05, 0.1) is 30.0 Å². The van der Waals surface area contributed by atoms with E-state index in [1.54, 1.807) is 35.5 Å². The molecular weight excluding hydrogens is 344 g/mol. The van der Waals surface area contributed by atoms with Crippen LogP contribution >= 0.6 is 0 Å². The molecule has 27 heavy (non-hydrogen) atoms. The summed E-state index contributed by atoms with van der Waals surface area (Å²) in [6, 6.07) is 2.08. The van der Waals surface area contributed by atoms with E-state index in [9.17, 15) is 4.79 Å². The van der Waals surface area contributed by atoms with Crippen molar-refractivity contribution >= 4 is 17.2 Å². The SMILES string of the molecule is CN(c1ccnc(-c2cnn3ccncc23)n1)[C@@H]1CCCN(C(=O)CN)C1. The van der Waals surface area contributed by atoms with E-state index < -0.39 is 0 Å². The summed E-state index contributed by atoms with van der Waals surface area (Å²) in [6.07, 6.45) is 10.7. The van der Waals surface area contributed by atoms with E-state index in [4.69, 9.17) is 10.7 Å². The zero-order chi connectivity index (χ0) is 18.8. The van der Waals surface area contributed by atoms with E-state index in [-0.39, 0.29) is 18.5 Å². The highest BCUT2D eigenvalue weighted by Crippen LogP contribution is 2.24. The fourth-order valence-corrected chi connectivity index (χ4v) is 3.50. The number of carbonyl (C=O) groups excluding carboxylic acids is 1. The van der Waals surface area contributed by atoms with Crippen molar-refractivity contribution in [3.05, 3.63) is 37.1 Å². The topological polar surface area (TPSA) is 106 Å². The van der Waals surface area contributed by atoms with Gasteiger partial charge in [-0.2, -0.15) is 5.10 Å². The molecule has 1 fully saturated rings. The molecule has 9 nitrogen and oxygen atoms in total. The van der Waals surface area contributed by atoms with Crippen LogP contribution in [0.1, 0.15) is 12.8 Å². The second-order valence-electron chi connectivity index (χ2n) is 6.65. The van der Waals surface area contributed by atoms with Crippen molar-refractivity contribution in [1.82, 2.24) is 29.5 Å². The molecule has 1 aliphatic rings. The van der Waals surface area contributed by atoms with Gasteiger partial charge in [0.1, 0.15) is 5.82 Å². The molecule has 4 rings (SSSR count). The van der Waals surface area contributed by atoms with Crippen LogP contribution < -0.4 is 10.6 Å². The van der Waals surface area contributed by atoms with Crippen molar-refractivity contribution in [3.63, 3.8) is 0 Å². The molecule has 0 aromatic carbocycles. The van der Waals surface area contributed by atoms with Gasteiger partial charge in [-0.3, -0.25) is 9.78 Å². The van der Waals surface area contributed by atoms with Crippen molar-refractivity contribution in [2.24, 2.45) is 5.73 Å². The molecule has 3 aromatic rings. The van der Waals surface area contributed by atoms with Crippen LogP contribution in [0.25, 0.3) is 16.9 Å². The lowest BCUT2D eigenvalue weighted by atomic mass is 10.0. The molecule has 0 aliphatic carbocycles. The van der Waals surface area contributed by atoms with Crippen LogP contribution in [0.15, 0.2) is 37.1 Å². The highest BCUT2D eigenvalue weighted by Gasteiger charge is 2.26.